The van der Waals surface area contributed by atoms with Gasteiger partial charge in [-0.05, 0) is 25.8 Å². The number of ether oxygens (including phenoxy) is 1. The molecule has 0 amide bonds. The number of nitro benzene ring substituents is 1. The minimum absolute atomic E-state index is 0.0614. The minimum Gasteiger partial charge on any atom is -0.484 e. The number of hydrogen-bond acceptors (Lipinski definition) is 5. The van der Waals surface area contributed by atoms with Gasteiger partial charge in [0.25, 0.3) is 0 Å². The Morgan fingerprint density at radius 1 is 1.35 bits per heavy atom. The number of aliphatic hydroxyl groups is 1. The zero-order valence-electron chi connectivity index (χ0n) is 12.3. The van der Waals surface area contributed by atoms with Crippen LogP contribution in [0.1, 0.15) is 27.7 Å². The Hall–Kier alpha value is -1.82. The maximum atomic E-state index is 10.9. The summed E-state index contributed by atoms with van der Waals surface area (Å²) in [5.41, 5.74) is 0.625. The highest BCUT2D eigenvalue weighted by molar-refractivity contribution is 5.58. The zero-order chi connectivity index (χ0) is 15.3. The molecular formula is C14H22N2O4. The van der Waals surface area contributed by atoms with Crippen LogP contribution in [0.25, 0.3) is 0 Å². The number of anilines is 1. The Kier molecular flexibility index (Phi) is 5.76. The van der Waals surface area contributed by atoms with E-state index in [0.717, 1.165) is 0 Å². The molecule has 0 aliphatic heterocycles. The van der Waals surface area contributed by atoms with Gasteiger partial charge in [0, 0.05) is 24.4 Å². The molecule has 1 unspecified atom stereocenters. The van der Waals surface area contributed by atoms with Crippen LogP contribution in [-0.4, -0.2) is 28.8 Å². The molecule has 1 aromatic carbocycles. The maximum Gasteiger partial charge on any atom is 0.311 e. The van der Waals surface area contributed by atoms with E-state index in [1.54, 1.807) is 12.1 Å². The van der Waals surface area contributed by atoms with E-state index >= 15 is 0 Å². The molecule has 0 radical (unpaired) electrons. The number of nitrogens with zero attached hydrogens (tertiary/aromatic N) is 1. The van der Waals surface area contributed by atoms with Crippen molar-refractivity contribution in [1.29, 1.82) is 0 Å². The van der Waals surface area contributed by atoms with E-state index in [0.29, 0.717) is 12.2 Å². The molecule has 0 aromatic heterocycles. The largest absolute Gasteiger partial charge is 0.484 e. The van der Waals surface area contributed by atoms with Crippen molar-refractivity contribution in [3.63, 3.8) is 0 Å². The molecular weight excluding hydrogens is 260 g/mol. The third kappa shape index (κ3) is 4.70. The SMILES string of the molecule is CC(C)Oc1cc(NCC(O)C(C)C)ccc1[N+](=O)[O-]. The first-order valence-electron chi connectivity index (χ1n) is 6.68. The van der Waals surface area contributed by atoms with Crippen molar-refractivity contribution in [2.75, 3.05) is 11.9 Å². The molecule has 0 aliphatic carbocycles. The van der Waals surface area contributed by atoms with Gasteiger partial charge in [-0.2, -0.15) is 0 Å². The number of rotatable bonds is 7. The van der Waals surface area contributed by atoms with Gasteiger partial charge in [-0.1, -0.05) is 13.8 Å². The third-order valence-electron chi connectivity index (χ3n) is 2.80. The van der Waals surface area contributed by atoms with Crippen molar-refractivity contribution in [1.82, 2.24) is 0 Å². The molecule has 0 heterocycles. The molecule has 0 aliphatic rings. The van der Waals surface area contributed by atoms with Crippen LogP contribution in [0.15, 0.2) is 18.2 Å². The molecule has 112 valence electrons. The molecule has 2 N–H and O–H groups in total. The van der Waals surface area contributed by atoms with E-state index in [1.807, 2.05) is 27.7 Å². The predicted molar refractivity (Wildman–Crippen MR) is 78.2 cm³/mol. The fraction of sp³-hybridized carbons (Fsp3) is 0.571. The summed E-state index contributed by atoms with van der Waals surface area (Å²) in [5, 5.41) is 23.7. The van der Waals surface area contributed by atoms with Crippen LogP contribution in [0, 0.1) is 16.0 Å². The van der Waals surface area contributed by atoms with E-state index < -0.39 is 11.0 Å². The Morgan fingerprint density at radius 3 is 2.50 bits per heavy atom. The van der Waals surface area contributed by atoms with Gasteiger partial charge in [-0.25, -0.2) is 0 Å². The first kappa shape index (κ1) is 16.2. The second-order valence-corrected chi connectivity index (χ2v) is 5.30. The van der Waals surface area contributed by atoms with Gasteiger partial charge in [0.05, 0.1) is 17.1 Å². The van der Waals surface area contributed by atoms with Crippen LogP contribution in [0.5, 0.6) is 5.75 Å². The summed E-state index contributed by atoms with van der Waals surface area (Å²) in [6, 6.07) is 4.60. The number of nitro groups is 1. The number of benzene rings is 1. The summed E-state index contributed by atoms with van der Waals surface area (Å²) in [6.07, 6.45) is -0.620. The van der Waals surface area contributed by atoms with Gasteiger partial charge in [-0.15, -0.1) is 0 Å². The third-order valence-corrected chi connectivity index (χ3v) is 2.80. The first-order valence-corrected chi connectivity index (χ1v) is 6.68. The van der Waals surface area contributed by atoms with Gasteiger partial charge in [0.15, 0.2) is 5.75 Å². The number of aliphatic hydroxyl groups excluding tert-OH is 1. The Bertz CT molecular complexity index is 460. The molecule has 1 atom stereocenters. The highest BCUT2D eigenvalue weighted by Crippen LogP contribution is 2.30. The predicted octanol–water partition coefficient (Wildman–Crippen LogP) is 2.81. The average Bonchev–Trinajstić information content (AvgIpc) is 2.34. The van der Waals surface area contributed by atoms with E-state index in [-0.39, 0.29) is 23.5 Å². The lowest BCUT2D eigenvalue weighted by molar-refractivity contribution is -0.386. The monoisotopic (exact) mass is 282 g/mol. The van der Waals surface area contributed by atoms with Crippen molar-refractivity contribution in [2.45, 2.75) is 39.9 Å². The van der Waals surface area contributed by atoms with Crippen molar-refractivity contribution in [2.24, 2.45) is 5.92 Å². The van der Waals surface area contributed by atoms with E-state index in [2.05, 4.69) is 5.32 Å². The van der Waals surface area contributed by atoms with Crippen molar-refractivity contribution >= 4 is 11.4 Å². The van der Waals surface area contributed by atoms with E-state index in [9.17, 15) is 15.2 Å². The number of hydrogen-bond donors (Lipinski definition) is 2. The van der Waals surface area contributed by atoms with Crippen LogP contribution in [0.4, 0.5) is 11.4 Å². The molecule has 6 nitrogen and oxygen atoms in total. The summed E-state index contributed by atoms with van der Waals surface area (Å²) in [4.78, 5) is 10.5. The molecule has 1 aromatic rings. The van der Waals surface area contributed by atoms with Gasteiger partial charge in [0.1, 0.15) is 0 Å². The molecule has 20 heavy (non-hydrogen) atoms. The molecule has 0 spiro atoms. The number of nitrogens with one attached hydrogen (secondary N) is 1. The van der Waals surface area contributed by atoms with E-state index in [4.69, 9.17) is 4.74 Å². The summed E-state index contributed by atoms with van der Waals surface area (Å²) in [7, 11) is 0. The van der Waals surface area contributed by atoms with Crippen molar-refractivity contribution < 1.29 is 14.8 Å². The molecule has 1 rings (SSSR count). The summed E-state index contributed by atoms with van der Waals surface area (Å²) >= 11 is 0. The van der Waals surface area contributed by atoms with Crippen LogP contribution in [0.3, 0.4) is 0 Å². The van der Waals surface area contributed by atoms with Crippen molar-refractivity contribution in [3.05, 3.63) is 28.3 Å². The smallest absolute Gasteiger partial charge is 0.311 e. The first-order chi connectivity index (χ1) is 9.31. The topological polar surface area (TPSA) is 84.6 Å². The lowest BCUT2D eigenvalue weighted by Gasteiger charge is -2.17. The lowest BCUT2D eigenvalue weighted by Crippen LogP contribution is -2.24. The van der Waals surface area contributed by atoms with Gasteiger partial charge in [0.2, 0.25) is 0 Å². The second kappa shape index (κ2) is 7.09. The minimum atomic E-state index is -0.473. The quantitative estimate of drug-likeness (QED) is 0.593. The average molecular weight is 282 g/mol. The summed E-state index contributed by atoms with van der Waals surface area (Å²) in [5.74, 6) is 0.376. The summed E-state index contributed by atoms with van der Waals surface area (Å²) < 4.78 is 5.46. The molecule has 0 bridgehead atoms. The Balaban J connectivity index is 2.86. The highest BCUT2D eigenvalue weighted by Gasteiger charge is 2.17. The van der Waals surface area contributed by atoms with Gasteiger partial charge >= 0.3 is 5.69 Å². The van der Waals surface area contributed by atoms with Gasteiger partial charge < -0.3 is 15.2 Å². The molecule has 0 saturated carbocycles. The fourth-order valence-electron chi connectivity index (χ4n) is 1.58. The fourth-order valence-corrected chi connectivity index (χ4v) is 1.58. The van der Waals surface area contributed by atoms with Crippen LogP contribution in [-0.2, 0) is 0 Å². The highest BCUT2D eigenvalue weighted by atomic mass is 16.6. The zero-order valence-corrected chi connectivity index (χ0v) is 12.3. The molecule has 6 heteroatoms. The maximum absolute atomic E-state index is 10.9. The molecule has 0 fully saturated rings. The van der Waals surface area contributed by atoms with Crippen LogP contribution < -0.4 is 10.1 Å². The lowest BCUT2D eigenvalue weighted by atomic mass is 10.1. The standard InChI is InChI=1S/C14H22N2O4/c1-9(2)13(17)8-15-11-5-6-12(16(18)19)14(7-11)20-10(3)4/h5-7,9-10,13,15,17H,8H2,1-4H3. The van der Waals surface area contributed by atoms with Crippen LogP contribution in [0.2, 0.25) is 0 Å². The van der Waals surface area contributed by atoms with E-state index in [1.165, 1.54) is 6.07 Å². The summed E-state index contributed by atoms with van der Waals surface area (Å²) in [6.45, 7) is 7.86. The van der Waals surface area contributed by atoms with Crippen molar-refractivity contribution in [3.8, 4) is 5.75 Å². The Morgan fingerprint density at radius 2 is 2.00 bits per heavy atom. The second-order valence-electron chi connectivity index (χ2n) is 5.30. The Labute approximate surface area is 118 Å². The van der Waals surface area contributed by atoms with Gasteiger partial charge in [-0.3, -0.25) is 10.1 Å². The normalized spacial score (nSPS) is 12.6. The van der Waals surface area contributed by atoms with Crippen LogP contribution >= 0.6 is 0 Å². The molecule has 0 saturated heterocycles.